The maximum Gasteiger partial charge on any atom is 0.396 e. The van der Waals surface area contributed by atoms with E-state index in [2.05, 4.69) is 15.2 Å². The van der Waals surface area contributed by atoms with Crippen LogP contribution < -0.4 is 0 Å². The summed E-state index contributed by atoms with van der Waals surface area (Å²) >= 11 is 0. The topological polar surface area (TPSA) is 78.1 Å². The average molecular weight is 269 g/mol. The lowest BCUT2D eigenvalue weighted by atomic mass is 10.1. The van der Waals surface area contributed by atoms with Gasteiger partial charge in [-0.1, -0.05) is 12.1 Å². The first-order valence-corrected chi connectivity index (χ1v) is 6.14. The van der Waals surface area contributed by atoms with Crippen LogP contribution in [0.15, 0.2) is 40.9 Å². The Morgan fingerprint density at radius 1 is 1.25 bits per heavy atom. The standard InChI is InChI=1S/C14H11N3O3/c1-2-19-14(18)13-17-16-12(20-13)10-5-3-7-11-9(10)6-4-8-15-11/h3-8H,2H2,1H3. The summed E-state index contributed by atoms with van der Waals surface area (Å²) in [5.41, 5.74) is 1.56. The zero-order chi connectivity index (χ0) is 13.9. The molecule has 0 bridgehead atoms. The molecule has 0 atom stereocenters. The Kier molecular flexibility index (Phi) is 3.12. The second-order valence-corrected chi connectivity index (χ2v) is 4.01. The van der Waals surface area contributed by atoms with Crippen molar-refractivity contribution in [2.45, 2.75) is 6.92 Å². The van der Waals surface area contributed by atoms with Crippen LogP contribution in [-0.2, 0) is 4.74 Å². The number of pyridine rings is 1. The Morgan fingerprint density at radius 3 is 3.00 bits per heavy atom. The van der Waals surface area contributed by atoms with Crippen molar-refractivity contribution in [3.63, 3.8) is 0 Å². The number of ether oxygens (including phenoxy) is 1. The molecule has 2 heterocycles. The molecule has 0 aliphatic heterocycles. The summed E-state index contributed by atoms with van der Waals surface area (Å²) < 4.78 is 10.2. The lowest BCUT2D eigenvalue weighted by Gasteiger charge is -2.00. The summed E-state index contributed by atoms with van der Waals surface area (Å²) in [6, 6.07) is 9.31. The number of benzene rings is 1. The third-order valence-electron chi connectivity index (χ3n) is 2.75. The third kappa shape index (κ3) is 2.11. The van der Waals surface area contributed by atoms with E-state index in [1.54, 1.807) is 13.1 Å². The molecule has 3 aromatic rings. The van der Waals surface area contributed by atoms with Gasteiger partial charge in [-0.25, -0.2) is 4.79 Å². The minimum absolute atomic E-state index is 0.150. The van der Waals surface area contributed by atoms with Gasteiger partial charge in [-0.05, 0) is 25.1 Å². The largest absolute Gasteiger partial charge is 0.459 e. The number of rotatable bonds is 3. The van der Waals surface area contributed by atoms with Crippen molar-refractivity contribution in [3.8, 4) is 11.5 Å². The van der Waals surface area contributed by atoms with Crippen LogP contribution >= 0.6 is 0 Å². The van der Waals surface area contributed by atoms with Crippen LogP contribution in [0, 0.1) is 0 Å². The number of hydrogen-bond donors (Lipinski definition) is 0. The lowest BCUT2D eigenvalue weighted by Crippen LogP contribution is -2.04. The van der Waals surface area contributed by atoms with E-state index in [-0.39, 0.29) is 18.4 Å². The highest BCUT2D eigenvalue weighted by atomic mass is 16.5. The van der Waals surface area contributed by atoms with E-state index in [4.69, 9.17) is 9.15 Å². The van der Waals surface area contributed by atoms with E-state index in [0.29, 0.717) is 0 Å². The van der Waals surface area contributed by atoms with Crippen molar-refractivity contribution in [1.82, 2.24) is 15.2 Å². The molecule has 0 aliphatic rings. The molecule has 6 heteroatoms. The van der Waals surface area contributed by atoms with E-state index in [1.165, 1.54) is 0 Å². The average Bonchev–Trinajstić information content (AvgIpc) is 2.97. The number of aromatic nitrogens is 3. The van der Waals surface area contributed by atoms with Gasteiger partial charge in [0.15, 0.2) is 0 Å². The monoisotopic (exact) mass is 269 g/mol. The predicted octanol–water partition coefficient (Wildman–Crippen LogP) is 2.46. The molecule has 0 fully saturated rings. The normalized spacial score (nSPS) is 10.7. The SMILES string of the molecule is CCOC(=O)c1nnc(-c2cccc3ncccc23)o1. The number of fused-ring (bicyclic) bond motifs is 1. The summed E-state index contributed by atoms with van der Waals surface area (Å²) in [5.74, 6) is -0.501. The molecule has 0 aliphatic carbocycles. The smallest absolute Gasteiger partial charge is 0.396 e. The van der Waals surface area contributed by atoms with Gasteiger partial charge in [-0.15, -0.1) is 10.2 Å². The minimum Gasteiger partial charge on any atom is -0.459 e. The van der Waals surface area contributed by atoms with E-state index in [1.807, 2.05) is 30.3 Å². The second kappa shape index (κ2) is 5.08. The van der Waals surface area contributed by atoms with Gasteiger partial charge < -0.3 is 9.15 Å². The fourth-order valence-corrected chi connectivity index (χ4v) is 1.90. The van der Waals surface area contributed by atoms with Crippen molar-refractivity contribution >= 4 is 16.9 Å². The van der Waals surface area contributed by atoms with Gasteiger partial charge in [0.25, 0.3) is 0 Å². The molecule has 2 aromatic heterocycles. The maximum absolute atomic E-state index is 11.5. The van der Waals surface area contributed by atoms with Crippen LogP contribution in [0.5, 0.6) is 0 Å². The minimum atomic E-state index is -0.621. The fraction of sp³-hybridized carbons (Fsp3) is 0.143. The van der Waals surface area contributed by atoms with E-state index < -0.39 is 5.97 Å². The molecular weight excluding hydrogens is 258 g/mol. The molecule has 0 N–H and O–H groups in total. The zero-order valence-corrected chi connectivity index (χ0v) is 10.7. The molecule has 6 nitrogen and oxygen atoms in total. The van der Waals surface area contributed by atoms with Crippen LogP contribution in [0.3, 0.4) is 0 Å². The molecule has 0 spiro atoms. The molecule has 1 aromatic carbocycles. The molecule has 3 rings (SSSR count). The second-order valence-electron chi connectivity index (χ2n) is 4.01. The van der Waals surface area contributed by atoms with Crippen LogP contribution in [-0.4, -0.2) is 27.8 Å². The predicted molar refractivity (Wildman–Crippen MR) is 71.0 cm³/mol. The van der Waals surface area contributed by atoms with Gasteiger partial charge >= 0.3 is 11.9 Å². The first-order valence-electron chi connectivity index (χ1n) is 6.14. The van der Waals surface area contributed by atoms with Gasteiger partial charge in [0.1, 0.15) is 0 Å². The van der Waals surface area contributed by atoms with Crippen LogP contribution in [0.2, 0.25) is 0 Å². The highest BCUT2D eigenvalue weighted by molar-refractivity contribution is 5.92. The Morgan fingerprint density at radius 2 is 2.15 bits per heavy atom. The van der Waals surface area contributed by atoms with Gasteiger partial charge in [-0.3, -0.25) is 4.98 Å². The van der Waals surface area contributed by atoms with Crippen LogP contribution in [0.25, 0.3) is 22.4 Å². The lowest BCUT2D eigenvalue weighted by molar-refractivity contribution is 0.0481. The Hall–Kier alpha value is -2.76. The van der Waals surface area contributed by atoms with Crippen LogP contribution in [0.4, 0.5) is 0 Å². The molecule has 20 heavy (non-hydrogen) atoms. The number of carbonyl (C=O) groups excluding carboxylic acids is 1. The summed E-state index contributed by atoms with van der Waals surface area (Å²) in [7, 11) is 0. The number of carbonyl (C=O) groups is 1. The van der Waals surface area contributed by atoms with Gasteiger partial charge in [0, 0.05) is 17.1 Å². The Balaban J connectivity index is 2.06. The summed E-state index contributed by atoms with van der Waals surface area (Å²) in [4.78, 5) is 15.8. The van der Waals surface area contributed by atoms with Gasteiger partial charge in [0.2, 0.25) is 5.89 Å². The first kappa shape index (κ1) is 12.3. The van der Waals surface area contributed by atoms with Crippen molar-refractivity contribution in [1.29, 1.82) is 0 Å². The fourth-order valence-electron chi connectivity index (χ4n) is 1.90. The van der Waals surface area contributed by atoms with Crippen LogP contribution in [0.1, 0.15) is 17.6 Å². The summed E-state index contributed by atoms with van der Waals surface area (Å²) in [6.07, 6.45) is 1.71. The maximum atomic E-state index is 11.5. The summed E-state index contributed by atoms with van der Waals surface area (Å²) in [6.45, 7) is 1.97. The quantitative estimate of drug-likeness (QED) is 0.679. The van der Waals surface area contributed by atoms with Crippen molar-refractivity contribution in [2.75, 3.05) is 6.61 Å². The van der Waals surface area contributed by atoms with Crippen molar-refractivity contribution < 1.29 is 13.9 Å². The van der Waals surface area contributed by atoms with E-state index >= 15 is 0 Å². The molecular formula is C14H11N3O3. The third-order valence-corrected chi connectivity index (χ3v) is 2.75. The zero-order valence-electron chi connectivity index (χ0n) is 10.7. The van der Waals surface area contributed by atoms with Crippen molar-refractivity contribution in [2.24, 2.45) is 0 Å². The number of hydrogen-bond acceptors (Lipinski definition) is 6. The van der Waals surface area contributed by atoms with E-state index in [0.717, 1.165) is 16.5 Å². The first-order chi connectivity index (χ1) is 9.79. The van der Waals surface area contributed by atoms with Crippen molar-refractivity contribution in [3.05, 3.63) is 42.4 Å². The Labute approximate surface area is 114 Å². The van der Waals surface area contributed by atoms with E-state index in [9.17, 15) is 4.79 Å². The number of nitrogens with zero attached hydrogens (tertiary/aromatic N) is 3. The summed E-state index contributed by atoms with van der Waals surface area (Å²) in [5, 5.41) is 8.48. The molecule has 100 valence electrons. The molecule has 0 amide bonds. The molecule has 0 saturated carbocycles. The number of esters is 1. The molecule has 0 unspecified atom stereocenters. The molecule has 0 saturated heterocycles. The van der Waals surface area contributed by atoms with Gasteiger partial charge in [0.05, 0.1) is 12.1 Å². The van der Waals surface area contributed by atoms with Gasteiger partial charge in [-0.2, -0.15) is 0 Å². The molecule has 0 radical (unpaired) electrons. The highest BCUT2D eigenvalue weighted by Crippen LogP contribution is 2.26. The highest BCUT2D eigenvalue weighted by Gasteiger charge is 2.18. The Bertz CT molecular complexity index is 762.